The molecule has 4 heteroatoms. The quantitative estimate of drug-likeness (QED) is 0.190. The molecule has 3 nitrogen and oxygen atoms in total. The van der Waals surface area contributed by atoms with E-state index >= 15 is 0 Å². The Labute approximate surface area is 242 Å². The Bertz CT molecular complexity index is 1920. The first-order valence-electron chi connectivity index (χ1n) is 13.8. The lowest BCUT2D eigenvalue weighted by atomic mass is 10.0. The van der Waals surface area contributed by atoms with Crippen LogP contribution in [0.5, 0.6) is 0 Å². The standard InChI is InChI=1S/C37H28N3P/c1-4-13-29(14-5-1)35-36(30-15-6-2-7-16-30)40(26-27-22-24-38-25-23-27)37(39-35)34-32-19-11-10-12-28(32)20-21-33(34)41-31-17-8-3-9-18-31/h1-25,41H,26H2. The summed E-state index contributed by atoms with van der Waals surface area (Å²) in [7, 11) is 0.504. The molecular formula is C37H28N3P. The van der Waals surface area contributed by atoms with Gasteiger partial charge in [-0.25, -0.2) is 4.98 Å². The van der Waals surface area contributed by atoms with Crippen LogP contribution < -0.4 is 10.6 Å². The second kappa shape index (κ2) is 11.3. The molecule has 5 aromatic carbocycles. The van der Waals surface area contributed by atoms with Crippen molar-refractivity contribution in [2.24, 2.45) is 0 Å². The van der Waals surface area contributed by atoms with Crippen molar-refractivity contribution in [1.29, 1.82) is 0 Å². The highest BCUT2D eigenvalue weighted by atomic mass is 31.1. The molecule has 41 heavy (non-hydrogen) atoms. The summed E-state index contributed by atoms with van der Waals surface area (Å²) in [6.45, 7) is 0.680. The van der Waals surface area contributed by atoms with Gasteiger partial charge in [0.1, 0.15) is 5.82 Å². The highest BCUT2D eigenvalue weighted by Crippen LogP contribution is 2.39. The van der Waals surface area contributed by atoms with Crippen LogP contribution in [0.25, 0.3) is 44.7 Å². The molecule has 0 saturated carbocycles. The highest BCUT2D eigenvalue weighted by molar-refractivity contribution is 7.55. The monoisotopic (exact) mass is 545 g/mol. The van der Waals surface area contributed by atoms with Crippen molar-refractivity contribution in [3.8, 4) is 33.9 Å². The molecule has 0 saturated heterocycles. The second-order valence-electron chi connectivity index (χ2n) is 10.0. The van der Waals surface area contributed by atoms with Crippen LogP contribution in [0, 0.1) is 0 Å². The minimum Gasteiger partial charge on any atom is -0.319 e. The van der Waals surface area contributed by atoms with Crippen LogP contribution in [0.1, 0.15) is 5.56 Å². The van der Waals surface area contributed by atoms with Crippen molar-refractivity contribution < 1.29 is 0 Å². The molecule has 0 spiro atoms. The molecule has 2 aromatic heterocycles. The Balaban J connectivity index is 1.56. The number of hydrogen-bond donors (Lipinski definition) is 0. The number of imidazole rings is 1. The average molecular weight is 546 g/mol. The average Bonchev–Trinajstić information content (AvgIpc) is 3.41. The van der Waals surface area contributed by atoms with E-state index in [2.05, 4.69) is 149 Å². The normalized spacial score (nSPS) is 11.4. The number of hydrogen-bond acceptors (Lipinski definition) is 2. The summed E-state index contributed by atoms with van der Waals surface area (Å²) in [6, 6.07) is 49.3. The van der Waals surface area contributed by atoms with E-state index in [4.69, 9.17) is 4.98 Å². The van der Waals surface area contributed by atoms with Gasteiger partial charge in [0.25, 0.3) is 0 Å². The van der Waals surface area contributed by atoms with Crippen molar-refractivity contribution in [2.45, 2.75) is 6.54 Å². The minimum absolute atomic E-state index is 0.504. The molecule has 0 radical (unpaired) electrons. The minimum atomic E-state index is 0.504. The topological polar surface area (TPSA) is 30.7 Å². The van der Waals surface area contributed by atoms with Gasteiger partial charge in [-0.1, -0.05) is 136 Å². The fraction of sp³-hybridized carbons (Fsp3) is 0.0270. The maximum absolute atomic E-state index is 5.53. The van der Waals surface area contributed by atoms with E-state index in [1.165, 1.54) is 32.5 Å². The summed E-state index contributed by atoms with van der Waals surface area (Å²) >= 11 is 0. The largest absolute Gasteiger partial charge is 0.319 e. The smallest absolute Gasteiger partial charge is 0.142 e. The van der Waals surface area contributed by atoms with Crippen LogP contribution in [0.15, 0.2) is 152 Å². The van der Waals surface area contributed by atoms with E-state index in [0.29, 0.717) is 15.1 Å². The first-order valence-corrected chi connectivity index (χ1v) is 14.8. The van der Waals surface area contributed by atoms with Gasteiger partial charge in [-0.2, -0.15) is 0 Å². The second-order valence-corrected chi connectivity index (χ2v) is 11.4. The lowest BCUT2D eigenvalue weighted by Crippen LogP contribution is -2.12. The van der Waals surface area contributed by atoms with Gasteiger partial charge in [0.2, 0.25) is 0 Å². The summed E-state index contributed by atoms with van der Waals surface area (Å²) in [5, 5.41) is 5.02. The predicted octanol–water partition coefficient (Wildman–Crippen LogP) is 8.11. The molecule has 0 aliphatic heterocycles. The van der Waals surface area contributed by atoms with Gasteiger partial charge >= 0.3 is 0 Å². The fourth-order valence-corrected chi connectivity index (χ4v) is 6.66. The van der Waals surface area contributed by atoms with E-state index in [-0.39, 0.29) is 0 Å². The van der Waals surface area contributed by atoms with E-state index in [0.717, 1.165) is 28.3 Å². The molecule has 0 aliphatic rings. The number of pyridine rings is 1. The fourth-order valence-electron chi connectivity index (χ4n) is 5.45. The predicted molar refractivity (Wildman–Crippen MR) is 173 cm³/mol. The van der Waals surface area contributed by atoms with E-state index in [9.17, 15) is 0 Å². The number of aromatic nitrogens is 3. The number of rotatable bonds is 7. The molecule has 0 amide bonds. The molecule has 7 rings (SSSR count). The Kier molecular flexibility index (Phi) is 6.95. The number of benzene rings is 5. The van der Waals surface area contributed by atoms with Crippen LogP contribution >= 0.6 is 8.58 Å². The van der Waals surface area contributed by atoms with Crippen LogP contribution in [-0.2, 0) is 6.54 Å². The van der Waals surface area contributed by atoms with Crippen molar-refractivity contribution in [2.75, 3.05) is 0 Å². The summed E-state index contributed by atoms with van der Waals surface area (Å²) in [5.74, 6) is 0.981. The lowest BCUT2D eigenvalue weighted by molar-refractivity contribution is 0.814. The Hall–Kier alpha value is -4.85. The molecule has 1 atom stereocenters. The van der Waals surface area contributed by atoms with Crippen LogP contribution in [0.4, 0.5) is 0 Å². The first kappa shape index (κ1) is 25.1. The molecule has 0 fully saturated rings. The third-order valence-electron chi connectivity index (χ3n) is 7.36. The van der Waals surface area contributed by atoms with Gasteiger partial charge in [0.15, 0.2) is 0 Å². The van der Waals surface area contributed by atoms with E-state index in [1.54, 1.807) is 0 Å². The van der Waals surface area contributed by atoms with E-state index < -0.39 is 0 Å². The number of nitrogens with zero attached hydrogens (tertiary/aromatic N) is 3. The Morgan fingerprint density at radius 1 is 0.585 bits per heavy atom. The van der Waals surface area contributed by atoms with Crippen LogP contribution in [0.3, 0.4) is 0 Å². The molecule has 196 valence electrons. The van der Waals surface area contributed by atoms with Crippen LogP contribution in [-0.4, -0.2) is 14.5 Å². The third-order valence-corrected chi connectivity index (χ3v) is 8.67. The highest BCUT2D eigenvalue weighted by Gasteiger charge is 2.24. The zero-order chi connectivity index (χ0) is 27.4. The van der Waals surface area contributed by atoms with Gasteiger partial charge in [0, 0.05) is 35.6 Å². The maximum atomic E-state index is 5.53. The molecule has 0 aliphatic carbocycles. The maximum Gasteiger partial charge on any atom is 0.142 e. The van der Waals surface area contributed by atoms with Gasteiger partial charge in [-0.15, -0.1) is 0 Å². The molecule has 1 unspecified atom stereocenters. The Morgan fingerprint density at radius 2 is 1.22 bits per heavy atom. The van der Waals surface area contributed by atoms with E-state index in [1.807, 2.05) is 12.4 Å². The summed E-state index contributed by atoms with van der Waals surface area (Å²) < 4.78 is 2.41. The molecule has 7 aromatic rings. The number of fused-ring (bicyclic) bond motifs is 1. The Morgan fingerprint density at radius 3 is 1.95 bits per heavy atom. The third kappa shape index (κ3) is 5.09. The van der Waals surface area contributed by atoms with Gasteiger partial charge in [0.05, 0.1) is 11.4 Å². The molecular weight excluding hydrogens is 517 g/mol. The van der Waals surface area contributed by atoms with Gasteiger partial charge in [-0.05, 0) is 39.1 Å². The van der Waals surface area contributed by atoms with Gasteiger partial charge < -0.3 is 4.57 Å². The molecule has 2 heterocycles. The van der Waals surface area contributed by atoms with Crippen molar-refractivity contribution in [3.05, 3.63) is 157 Å². The summed E-state index contributed by atoms with van der Waals surface area (Å²) in [5.41, 5.74) is 6.73. The molecule has 0 bridgehead atoms. The lowest BCUT2D eigenvalue weighted by Gasteiger charge is -2.17. The first-order chi connectivity index (χ1) is 20.3. The summed E-state index contributed by atoms with van der Waals surface area (Å²) in [6.07, 6.45) is 3.73. The summed E-state index contributed by atoms with van der Waals surface area (Å²) in [4.78, 5) is 9.81. The molecule has 0 N–H and O–H groups in total. The zero-order valence-corrected chi connectivity index (χ0v) is 23.5. The van der Waals surface area contributed by atoms with Crippen LogP contribution in [0.2, 0.25) is 0 Å². The van der Waals surface area contributed by atoms with Crippen molar-refractivity contribution in [3.63, 3.8) is 0 Å². The SMILES string of the molecule is c1ccc(Pc2ccc3ccccc3c2-c2nc(-c3ccccc3)c(-c3ccccc3)n2Cc2ccncc2)cc1. The van der Waals surface area contributed by atoms with Gasteiger partial charge in [-0.3, -0.25) is 4.98 Å². The van der Waals surface area contributed by atoms with Crippen molar-refractivity contribution >= 4 is 30.0 Å². The zero-order valence-electron chi connectivity index (χ0n) is 22.5. The van der Waals surface area contributed by atoms with Crippen molar-refractivity contribution in [1.82, 2.24) is 14.5 Å².